The molecular formula is C7H2F13KO3S. The maximum absolute atomic E-state index is 12.8. The molecule has 0 aliphatic carbocycles. The van der Waals surface area contributed by atoms with Crippen LogP contribution in [0, 0.1) is 0 Å². The maximum atomic E-state index is 12.8. The van der Waals surface area contributed by atoms with Gasteiger partial charge in [0.25, 0.3) is 5.50 Å². The molecule has 0 fully saturated rings. The predicted molar refractivity (Wildman–Crippen MR) is 45.3 cm³/mol. The average molecular weight is 452 g/mol. The minimum absolute atomic E-state index is 0. The van der Waals surface area contributed by atoms with Crippen molar-refractivity contribution in [1.82, 2.24) is 0 Å². The van der Waals surface area contributed by atoms with Crippen molar-refractivity contribution in [3.05, 3.63) is 0 Å². The second-order valence-corrected chi connectivity index (χ2v) is 5.48. The van der Waals surface area contributed by atoms with Gasteiger partial charge in [0.2, 0.25) is 0 Å². The summed E-state index contributed by atoms with van der Waals surface area (Å²) in [5.41, 5.74) is -5.78. The molecule has 0 aromatic rings. The van der Waals surface area contributed by atoms with E-state index in [-0.39, 0.29) is 51.4 Å². The number of alkyl halides is 13. The van der Waals surface area contributed by atoms with Gasteiger partial charge in [0.05, 0.1) is 0 Å². The first kappa shape index (κ1) is 27.9. The molecule has 0 rings (SSSR count). The molecule has 3 nitrogen and oxygen atoms in total. The summed E-state index contributed by atoms with van der Waals surface area (Å²) < 4.78 is 192. The molecule has 25 heavy (non-hydrogen) atoms. The third-order valence-electron chi connectivity index (χ3n) is 2.44. The summed E-state index contributed by atoms with van der Waals surface area (Å²) in [5, 5.41) is 0. The molecular weight excluding hydrogens is 450 g/mol. The zero-order valence-corrected chi connectivity index (χ0v) is 15.1. The summed E-state index contributed by atoms with van der Waals surface area (Å²) in [4.78, 5) is 0. The van der Waals surface area contributed by atoms with Crippen LogP contribution in [0.3, 0.4) is 0 Å². The second kappa shape index (κ2) is 7.57. The topological polar surface area (TPSA) is 57.2 Å². The molecule has 0 aliphatic rings. The smallest absolute Gasteiger partial charge is 0.746 e. The van der Waals surface area contributed by atoms with Crippen LogP contribution in [0.25, 0.3) is 0 Å². The van der Waals surface area contributed by atoms with Crippen LogP contribution in [0.15, 0.2) is 0 Å². The third kappa shape index (κ3) is 4.23. The fourth-order valence-electron chi connectivity index (χ4n) is 1.08. The van der Waals surface area contributed by atoms with Crippen molar-refractivity contribution in [2.75, 3.05) is 0 Å². The molecule has 0 N–H and O–H groups in total. The van der Waals surface area contributed by atoms with E-state index in [9.17, 15) is 70.0 Å². The molecule has 1 unspecified atom stereocenters. The van der Waals surface area contributed by atoms with Crippen LogP contribution in [-0.4, -0.2) is 54.5 Å². The number of rotatable bonds is 7. The Hall–Kier alpha value is 0.636. The Balaban J connectivity index is 0. The van der Waals surface area contributed by atoms with Gasteiger partial charge in [-0.25, -0.2) is 21.6 Å². The minimum Gasteiger partial charge on any atom is -0.746 e. The Morgan fingerprint density at radius 1 is 0.640 bits per heavy atom. The fraction of sp³-hybridized carbons (Fsp3) is 1.00. The van der Waals surface area contributed by atoms with Crippen molar-refractivity contribution < 1.29 is 121 Å². The summed E-state index contributed by atoms with van der Waals surface area (Å²) in [7, 11) is -7.16. The molecule has 0 aromatic carbocycles. The van der Waals surface area contributed by atoms with Gasteiger partial charge in [-0.1, -0.05) is 0 Å². The maximum Gasteiger partial charge on any atom is 1.00 e. The van der Waals surface area contributed by atoms with E-state index in [1.165, 1.54) is 0 Å². The van der Waals surface area contributed by atoms with Gasteiger partial charge >= 0.3 is 87.4 Å². The fourth-order valence-corrected chi connectivity index (χ4v) is 1.59. The molecule has 0 aliphatic heterocycles. The first-order valence-corrected chi connectivity index (χ1v) is 6.33. The summed E-state index contributed by atoms with van der Waals surface area (Å²) in [6.07, 6.45) is -5.76. The molecule has 146 valence electrons. The number of hydrogen-bond acceptors (Lipinski definition) is 3. The van der Waals surface area contributed by atoms with Crippen LogP contribution < -0.4 is 51.4 Å². The van der Waals surface area contributed by atoms with E-state index in [1.54, 1.807) is 0 Å². The first-order valence-electron chi connectivity index (χ1n) is 4.86. The summed E-state index contributed by atoms with van der Waals surface area (Å²) in [6, 6.07) is 0. The van der Waals surface area contributed by atoms with E-state index in [1.807, 2.05) is 0 Å². The monoisotopic (exact) mass is 452 g/mol. The first-order chi connectivity index (χ1) is 10.1. The van der Waals surface area contributed by atoms with Crippen LogP contribution in [0.4, 0.5) is 57.1 Å². The zero-order valence-electron chi connectivity index (χ0n) is 11.2. The second-order valence-electron chi connectivity index (χ2n) is 4.08. The van der Waals surface area contributed by atoms with Crippen molar-refractivity contribution in [1.29, 1.82) is 0 Å². The summed E-state index contributed by atoms with van der Waals surface area (Å²) in [5.74, 6) is -38.8. The van der Waals surface area contributed by atoms with E-state index in [4.69, 9.17) is 0 Å². The Morgan fingerprint density at radius 2 is 0.920 bits per heavy atom. The molecule has 0 heterocycles. The van der Waals surface area contributed by atoms with Gasteiger partial charge in [-0.15, -0.1) is 0 Å². The van der Waals surface area contributed by atoms with Gasteiger partial charge < -0.3 is 4.55 Å². The van der Waals surface area contributed by atoms with Crippen LogP contribution in [0.5, 0.6) is 0 Å². The van der Waals surface area contributed by atoms with Crippen LogP contribution in [0.2, 0.25) is 0 Å². The summed E-state index contributed by atoms with van der Waals surface area (Å²) in [6.45, 7) is 0. The molecule has 0 radical (unpaired) electrons. The molecule has 0 spiro atoms. The Morgan fingerprint density at radius 3 is 1.16 bits per heavy atom. The quantitative estimate of drug-likeness (QED) is 0.317. The van der Waals surface area contributed by atoms with Gasteiger partial charge in [-0.2, -0.15) is 43.9 Å². The standard InChI is InChI=1S/C7H3F13O3S.K/c8-1(9)3(11,12)5(15,16)7(19,20)6(17,18)4(13,14)2(10)24(21,22)23;/h1-2H,(H,21,22,23);/q;+1/p-1. The van der Waals surface area contributed by atoms with Crippen molar-refractivity contribution in [3.63, 3.8) is 0 Å². The Kier molecular flexibility index (Phi) is 8.44. The van der Waals surface area contributed by atoms with Crippen molar-refractivity contribution in [3.8, 4) is 0 Å². The van der Waals surface area contributed by atoms with Crippen LogP contribution in [-0.2, 0) is 10.1 Å². The molecule has 0 saturated heterocycles. The molecule has 0 saturated carbocycles. The van der Waals surface area contributed by atoms with Crippen LogP contribution >= 0.6 is 0 Å². The van der Waals surface area contributed by atoms with Gasteiger partial charge in [0.15, 0.2) is 0 Å². The molecule has 0 aromatic heterocycles. The van der Waals surface area contributed by atoms with E-state index >= 15 is 0 Å². The van der Waals surface area contributed by atoms with Crippen molar-refractivity contribution >= 4 is 10.1 Å². The third-order valence-corrected chi connectivity index (χ3v) is 3.24. The van der Waals surface area contributed by atoms with Crippen LogP contribution in [0.1, 0.15) is 0 Å². The van der Waals surface area contributed by atoms with Crippen molar-refractivity contribution in [2.24, 2.45) is 0 Å². The minimum atomic E-state index is -8.10. The number of hydrogen-bond donors (Lipinski definition) is 0. The normalized spacial score (nSPS) is 16.6. The Labute approximate surface area is 172 Å². The van der Waals surface area contributed by atoms with Gasteiger partial charge in [0.1, 0.15) is 10.1 Å². The van der Waals surface area contributed by atoms with Gasteiger partial charge in [0, 0.05) is 0 Å². The van der Waals surface area contributed by atoms with E-state index in [0.717, 1.165) is 0 Å². The molecule has 0 amide bonds. The molecule has 18 heteroatoms. The average Bonchev–Trinajstić information content (AvgIpc) is 2.35. The van der Waals surface area contributed by atoms with Gasteiger partial charge in [-0.3, -0.25) is 0 Å². The molecule has 1 atom stereocenters. The van der Waals surface area contributed by atoms with E-state index in [0.29, 0.717) is 0 Å². The predicted octanol–water partition coefficient (Wildman–Crippen LogP) is 0.273. The van der Waals surface area contributed by atoms with E-state index < -0.39 is 51.7 Å². The zero-order chi connectivity index (χ0) is 20.2. The SMILES string of the molecule is O=S(=O)([O-])C(F)C(F)(F)C(F)(F)C(F)(F)C(F)(F)C(F)(F)C(F)F.[K+]. The van der Waals surface area contributed by atoms with Gasteiger partial charge in [-0.05, 0) is 0 Å². The number of halogens is 13. The van der Waals surface area contributed by atoms with Crippen molar-refractivity contribution in [2.45, 2.75) is 41.5 Å². The summed E-state index contributed by atoms with van der Waals surface area (Å²) >= 11 is 0. The largest absolute Gasteiger partial charge is 1.00 e. The molecule has 0 bridgehead atoms. The Bertz CT molecular complexity index is 574. The van der Waals surface area contributed by atoms with E-state index in [2.05, 4.69) is 0 Å².